The smallest absolute Gasteiger partial charge is 0.0873 e. The molecule has 0 saturated heterocycles. The molecule has 0 amide bonds. The molecular weight excluding hydrogens is 534 g/mol. The van der Waals surface area contributed by atoms with Crippen LogP contribution in [0.3, 0.4) is 0 Å². The van der Waals surface area contributed by atoms with Gasteiger partial charge in [-0.2, -0.15) is 0 Å². The molecule has 6 aromatic carbocycles. The van der Waals surface area contributed by atoms with Crippen LogP contribution in [-0.4, -0.2) is 11.4 Å². The first kappa shape index (κ1) is 26.1. The monoisotopic (exact) mass is 565 g/mol. The van der Waals surface area contributed by atoms with Crippen LogP contribution in [0.5, 0.6) is 0 Å². The molecular formula is C41H31N3. The fraction of sp³-hybridized carbons (Fsp3) is 0.0732. The molecule has 6 aromatic rings. The molecule has 0 spiro atoms. The molecule has 8 rings (SSSR count). The number of hydrogen-bond acceptors (Lipinski definition) is 3. The molecule has 44 heavy (non-hydrogen) atoms. The Labute approximate surface area is 257 Å². The predicted molar refractivity (Wildman–Crippen MR) is 185 cm³/mol. The van der Waals surface area contributed by atoms with Crippen LogP contribution in [0.1, 0.15) is 36.1 Å². The van der Waals surface area contributed by atoms with Gasteiger partial charge in [0.15, 0.2) is 0 Å². The average Bonchev–Trinajstić information content (AvgIpc) is 3.29. The third-order valence-electron chi connectivity index (χ3n) is 9.30. The molecule has 0 aromatic heterocycles. The van der Waals surface area contributed by atoms with Gasteiger partial charge in [-0.25, -0.2) is 0 Å². The first-order valence-electron chi connectivity index (χ1n) is 15.0. The summed E-state index contributed by atoms with van der Waals surface area (Å²) in [7, 11) is 0. The van der Waals surface area contributed by atoms with E-state index in [2.05, 4.69) is 146 Å². The van der Waals surface area contributed by atoms with Gasteiger partial charge in [-0.15, -0.1) is 0 Å². The molecule has 0 heterocycles. The molecule has 210 valence electrons. The molecule has 0 fully saturated rings. The highest BCUT2D eigenvalue weighted by molar-refractivity contribution is 6.53. The van der Waals surface area contributed by atoms with Crippen LogP contribution in [0.15, 0.2) is 133 Å². The molecule has 0 aliphatic heterocycles. The van der Waals surface area contributed by atoms with Gasteiger partial charge in [-0.1, -0.05) is 105 Å². The lowest BCUT2D eigenvalue weighted by Crippen LogP contribution is -2.16. The average molecular weight is 566 g/mol. The Balaban J connectivity index is 1.19. The number of benzene rings is 6. The molecule has 0 unspecified atom stereocenters. The van der Waals surface area contributed by atoms with Crippen LogP contribution < -0.4 is 4.90 Å². The zero-order valence-corrected chi connectivity index (χ0v) is 24.7. The summed E-state index contributed by atoms with van der Waals surface area (Å²) in [5, 5.41) is 18.7. The first-order valence-corrected chi connectivity index (χ1v) is 15.0. The Morgan fingerprint density at radius 3 is 2.05 bits per heavy atom. The minimum atomic E-state index is -0.0709. The van der Waals surface area contributed by atoms with Gasteiger partial charge in [0, 0.05) is 28.0 Å². The zero-order valence-electron chi connectivity index (χ0n) is 24.7. The summed E-state index contributed by atoms with van der Waals surface area (Å²) in [6, 6.07) is 45.6. The highest BCUT2D eigenvalue weighted by Crippen LogP contribution is 2.50. The number of hydrogen-bond donors (Lipinski definition) is 2. The van der Waals surface area contributed by atoms with Gasteiger partial charge in [0.1, 0.15) is 0 Å². The third kappa shape index (κ3) is 3.97. The van der Waals surface area contributed by atoms with Crippen LogP contribution in [0.4, 0.5) is 17.1 Å². The second-order valence-electron chi connectivity index (χ2n) is 12.2. The summed E-state index contributed by atoms with van der Waals surface area (Å²) in [5.74, 6) is 0. The molecule has 3 nitrogen and oxygen atoms in total. The van der Waals surface area contributed by atoms with Gasteiger partial charge in [0.05, 0.1) is 11.4 Å². The summed E-state index contributed by atoms with van der Waals surface area (Å²) < 4.78 is 0. The summed E-state index contributed by atoms with van der Waals surface area (Å²) >= 11 is 0. The van der Waals surface area contributed by atoms with Crippen molar-refractivity contribution in [3.05, 3.63) is 156 Å². The number of para-hydroxylation sites is 1. The maximum Gasteiger partial charge on any atom is 0.0873 e. The van der Waals surface area contributed by atoms with E-state index in [4.69, 9.17) is 10.8 Å². The lowest BCUT2D eigenvalue weighted by Gasteiger charge is -2.28. The SMILES string of the molecule is CC1(C)c2ccccc2-c2ccc(N(c3ccccc3)c3ccc(-c4ccc5c6c(ccc5c4)C=CC(=N)C6=N)cc3)cc21. The number of rotatable bonds is 4. The van der Waals surface area contributed by atoms with E-state index in [1.165, 1.54) is 22.3 Å². The lowest BCUT2D eigenvalue weighted by atomic mass is 9.82. The van der Waals surface area contributed by atoms with E-state index in [0.29, 0.717) is 0 Å². The maximum atomic E-state index is 8.50. The van der Waals surface area contributed by atoms with Gasteiger partial charge in [-0.05, 0) is 98.3 Å². The quantitative estimate of drug-likeness (QED) is 0.219. The number of anilines is 3. The summed E-state index contributed by atoms with van der Waals surface area (Å²) in [6.07, 6.45) is 3.63. The van der Waals surface area contributed by atoms with Crippen LogP contribution in [0.25, 0.3) is 39.1 Å². The van der Waals surface area contributed by atoms with Crippen molar-refractivity contribution in [1.82, 2.24) is 0 Å². The van der Waals surface area contributed by atoms with E-state index in [1.54, 1.807) is 6.08 Å². The Bertz CT molecular complexity index is 2170. The Morgan fingerprint density at radius 2 is 1.23 bits per heavy atom. The zero-order chi connectivity index (χ0) is 30.0. The van der Waals surface area contributed by atoms with Crippen molar-refractivity contribution in [3.8, 4) is 22.3 Å². The highest BCUT2D eigenvalue weighted by Gasteiger charge is 2.35. The number of allylic oxidation sites excluding steroid dienone is 1. The molecule has 3 heteroatoms. The molecule has 0 saturated carbocycles. The molecule has 0 atom stereocenters. The topological polar surface area (TPSA) is 50.9 Å². The summed E-state index contributed by atoms with van der Waals surface area (Å²) in [5.41, 5.74) is 13.3. The Hall–Kier alpha value is -5.54. The van der Waals surface area contributed by atoms with Gasteiger partial charge in [-0.3, -0.25) is 10.8 Å². The minimum Gasteiger partial charge on any atom is -0.310 e. The minimum absolute atomic E-state index is 0.0709. The number of nitrogens with zero attached hydrogens (tertiary/aromatic N) is 1. The van der Waals surface area contributed by atoms with E-state index >= 15 is 0 Å². The van der Waals surface area contributed by atoms with E-state index in [9.17, 15) is 0 Å². The van der Waals surface area contributed by atoms with E-state index in [0.717, 1.165) is 50.1 Å². The van der Waals surface area contributed by atoms with Crippen molar-refractivity contribution >= 4 is 45.3 Å². The summed E-state index contributed by atoms with van der Waals surface area (Å²) in [6.45, 7) is 4.65. The van der Waals surface area contributed by atoms with E-state index in [-0.39, 0.29) is 16.8 Å². The molecule has 2 N–H and O–H groups in total. The van der Waals surface area contributed by atoms with Crippen molar-refractivity contribution in [2.24, 2.45) is 0 Å². The normalized spacial score (nSPS) is 14.3. The highest BCUT2D eigenvalue weighted by atomic mass is 15.1. The number of fused-ring (bicyclic) bond motifs is 6. The van der Waals surface area contributed by atoms with E-state index < -0.39 is 0 Å². The Morgan fingerprint density at radius 1 is 0.545 bits per heavy atom. The van der Waals surface area contributed by atoms with Gasteiger partial charge >= 0.3 is 0 Å². The van der Waals surface area contributed by atoms with Crippen LogP contribution in [0.2, 0.25) is 0 Å². The first-order chi connectivity index (χ1) is 21.4. The van der Waals surface area contributed by atoms with Crippen molar-refractivity contribution in [2.75, 3.05) is 4.90 Å². The molecule has 2 aliphatic rings. The molecule has 2 aliphatic carbocycles. The largest absolute Gasteiger partial charge is 0.310 e. The van der Waals surface area contributed by atoms with Crippen molar-refractivity contribution < 1.29 is 0 Å². The second-order valence-corrected chi connectivity index (χ2v) is 12.2. The molecule has 0 radical (unpaired) electrons. The van der Waals surface area contributed by atoms with Gasteiger partial charge in [0.25, 0.3) is 0 Å². The van der Waals surface area contributed by atoms with E-state index in [1.807, 2.05) is 6.08 Å². The van der Waals surface area contributed by atoms with Gasteiger partial charge < -0.3 is 4.90 Å². The Kier molecular flexibility index (Phi) is 5.79. The van der Waals surface area contributed by atoms with Crippen LogP contribution in [0, 0.1) is 10.8 Å². The van der Waals surface area contributed by atoms with Crippen LogP contribution >= 0.6 is 0 Å². The lowest BCUT2D eigenvalue weighted by molar-refractivity contribution is 0.660. The molecule has 0 bridgehead atoms. The second kappa shape index (κ2) is 9.75. The fourth-order valence-electron chi connectivity index (χ4n) is 6.99. The van der Waals surface area contributed by atoms with Crippen molar-refractivity contribution in [2.45, 2.75) is 19.3 Å². The van der Waals surface area contributed by atoms with Crippen LogP contribution in [-0.2, 0) is 5.41 Å². The fourth-order valence-corrected chi connectivity index (χ4v) is 6.99. The summed E-state index contributed by atoms with van der Waals surface area (Å²) in [4.78, 5) is 2.34. The number of nitrogens with one attached hydrogen (secondary N) is 2. The van der Waals surface area contributed by atoms with Crippen molar-refractivity contribution in [3.63, 3.8) is 0 Å². The standard InChI is InChI=1S/C41H31N3/c1-41(2)36-11-7-6-10-34(36)35-22-20-32(25-37(35)41)44(30-8-4-3-5-9-30)31-18-14-26(15-19-31)28-16-21-33-29(24-28)13-12-27-17-23-38(42)40(43)39(27)33/h3-25,42-43H,1-2H3. The maximum absolute atomic E-state index is 8.50. The third-order valence-corrected chi connectivity index (χ3v) is 9.30. The van der Waals surface area contributed by atoms with Crippen molar-refractivity contribution in [1.29, 1.82) is 10.8 Å². The van der Waals surface area contributed by atoms with Gasteiger partial charge in [0.2, 0.25) is 0 Å². The predicted octanol–water partition coefficient (Wildman–Crippen LogP) is 10.7.